The molecular weight excluding hydrogens is 688 g/mol. The van der Waals surface area contributed by atoms with Crippen LogP contribution in [0.15, 0.2) is 127 Å². The number of hydrogen-bond acceptors (Lipinski definition) is 12. The van der Waals surface area contributed by atoms with Crippen molar-refractivity contribution in [2.75, 3.05) is 26.4 Å². The summed E-state index contributed by atoms with van der Waals surface area (Å²) < 4.78 is 32.0. The molecule has 52 heavy (non-hydrogen) atoms. The number of unbranched alkanes of at least 4 members (excludes halogenated alkanes) is 1. The first kappa shape index (κ1) is 38.7. The normalized spacial score (nSPS) is 10.3. The fraction of sp³-hybridized carbons (Fsp3) is 0.175. The molecule has 0 aliphatic carbocycles. The lowest BCUT2D eigenvalue weighted by atomic mass is 10.2. The van der Waals surface area contributed by atoms with Crippen molar-refractivity contribution in [1.82, 2.24) is 0 Å². The van der Waals surface area contributed by atoms with Gasteiger partial charge in [0, 0.05) is 22.1 Å². The lowest BCUT2D eigenvalue weighted by Crippen LogP contribution is -2.12. The number of carbonyl (C=O) groups excluding carboxylic acids is 5. The quantitative estimate of drug-likeness (QED) is 0.0331. The monoisotopic (exact) mass is 724 g/mol. The Morgan fingerprint density at radius 3 is 1.56 bits per heavy atom. The van der Waals surface area contributed by atoms with Gasteiger partial charge in [0.1, 0.15) is 36.2 Å². The van der Waals surface area contributed by atoms with Crippen LogP contribution in [0.3, 0.4) is 0 Å². The van der Waals surface area contributed by atoms with Crippen LogP contribution in [0.5, 0.6) is 23.0 Å². The Morgan fingerprint density at radius 1 is 0.577 bits per heavy atom. The zero-order valence-electron chi connectivity index (χ0n) is 28.4. The maximum absolute atomic E-state index is 12.8. The van der Waals surface area contributed by atoms with Gasteiger partial charge in [-0.1, -0.05) is 13.2 Å². The van der Waals surface area contributed by atoms with Gasteiger partial charge in [0.05, 0.1) is 24.3 Å². The molecule has 4 rings (SSSR count). The molecule has 11 nitrogen and oxygen atoms in total. The molecule has 0 aliphatic rings. The second kappa shape index (κ2) is 19.9. The highest BCUT2D eigenvalue weighted by atomic mass is 32.2. The van der Waals surface area contributed by atoms with E-state index in [4.69, 9.17) is 28.4 Å². The van der Waals surface area contributed by atoms with Crippen molar-refractivity contribution in [2.45, 2.75) is 24.7 Å². The summed E-state index contributed by atoms with van der Waals surface area (Å²) in [5.41, 5.74) is 1.37. The Balaban J connectivity index is 1.18. The summed E-state index contributed by atoms with van der Waals surface area (Å²) in [6.45, 7) is 9.36. The molecule has 0 saturated carbocycles. The minimum Gasteiger partial charge on any atom is -0.494 e. The molecule has 0 radical (unpaired) electrons. The third kappa shape index (κ3) is 12.6. The van der Waals surface area contributed by atoms with Gasteiger partial charge in [0.15, 0.2) is 0 Å². The molecule has 0 aliphatic heterocycles. The van der Waals surface area contributed by atoms with E-state index in [0.29, 0.717) is 52.5 Å². The summed E-state index contributed by atoms with van der Waals surface area (Å²) in [6, 6.07) is 25.5. The zero-order chi connectivity index (χ0) is 37.3. The molecule has 4 aromatic rings. The smallest absolute Gasteiger partial charge is 0.343 e. The maximum Gasteiger partial charge on any atom is 0.343 e. The van der Waals surface area contributed by atoms with E-state index in [-0.39, 0.29) is 42.0 Å². The van der Waals surface area contributed by atoms with Gasteiger partial charge in [0.2, 0.25) is 5.12 Å². The van der Waals surface area contributed by atoms with Gasteiger partial charge in [0.25, 0.3) is 0 Å². The highest BCUT2D eigenvalue weighted by Crippen LogP contribution is 2.26. The van der Waals surface area contributed by atoms with Crippen LogP contribution < -0.4 is 18.9 Å². The van der Waals surface area contributed by atoms with E-state index in [9.17, 15) is 24.0 Å². The number of ether oxygens (including phenoxy) is 6. The largest absolute Gasteiger partial charge is 0.494 e. The maximum atomic E-state index is 12.8. The summed E-state index contributed by atoms with van der Waals surface area (Å²) in [5.74, 6) is -0.495. The van der Waals surface area contributed by atoms with Crippen molar-refractivity contribution in [3.05, 3.63) is 139 Å². The number of hydrogen-bond donors (Lipinski definition) is 0. The predicted octanol–water partition coefficient (Wildman–Crippen LogP) is 7.44. The minimum atomic E-state index is -0.601. The number of rotatable bonds is 18. The van der Waals surface area contributed by atoms with Crippen LogP contribution in [0.2, 0.25) is 0 Å². The highest BCUT2D eigenvalue weighted by Gasteiger charge is 2.14. The summed E-state index contributed by atoms with van der Waals surface area (Å²) in [4.78, 5) is 61.2. The van der Waals surface area contributed by atoms with E-state index < -0.39 is 23.9 Å². The van der Waals surface area contributed by atoms with Crippen LogP contribution in [-0.4, -0.2) is 55.4 Å². The van der Waals surface area contributed by atoms with Crippen molar-refractivity contribution >= 4 is 40.8 Å². The van der Waals surface area contributed by atoms with Crippen molar-refractivity contribution in [3.63, 3.8) is 0 Å². The van der Waals surface area contributed by atoms with E-state index in [1.54, 1.807) is 79.7 Å². The van der Waals surface area contributed by atoms with Gasteiger partial charge in [-0.15, -0.1) is 0 Å². The summed E-state index contributed by atoms with van der Waals surface area (Å²) in [7, 11) is 0. The SMILES string of the molecule is C=CC(=O)OCCCCOc1ccc(C(=O)Oc2ccc(OC(=O)c3ccc(SC(=O)c4ccc(OCCOC(=O)C(=C)C)cc4)cc3)cc2)cc1. The molecule has 0 heterocycles. The predicted molar refractivity (Wildman–Crippen MR) is 193 cm³/mol. The van der Waals surface area contributed by atoms with Crippen molar-refractivity contribution in [2.24, 2.45) is 0 Å². The molecule has 0 atom stereocenters. The van der Waals surface area contributed by atoms with Gasteiger partial charge in [-0.2, -0.15) is 0 Å². The Kier molecular flexibility index (Phi) is 14.8. The first-order valence-corrected chi connectivity index (χ1v) is 16.9. The molecule has 12 heteroatoms. The molecule has 0 fully saturated rings. The van der Waals surface area contributed by atoms with Crippen molar-refractivity contribution < 1.29 is 52.4 Å². The van der Waals surface area contributed by atoms with E-state index in [1.165, 1.54) is 24.3 Å². The lowest BCUT2D eigenvalue weighted by molar-refractivity contribution is -0.140. The molecule has 4 aromatic carbocycles. The third-order valence-corrected chi connectivity index (χ3v) is 7.81. The molecule has 0 unspecified atom stereocenters. The van der Waals surface area contributed by atoms with Crippen molar-refractivity contribution in [3.8, 4) is 23.0 Å². The van der Waals surface area contributed by atoms with Gasteiger partial charge >= 0.3 is 23.9 Å². The van der Waals surface area contributed by atoms with Gasteiger partial charge in [-0.05, 0) is 129 Å². The first-order valence-electron chi connectivity index (χ1n) is 16.1. The van der Waals surface area contributed by atoms with Crippen molar-refractivity contribution in [1.29, 1.82) is 0 Å². The van der Waals surface area contributed by atoms with Crippen LogP contribution in [0.4, 0.5) is 0 Å². The first-order chi connectivity index (χ1) is 25.1. The Hall–Kier alpha value is -6.14. The minimum absolute atomic E-state index is 0.0762. The van der Waals surface area contributed by atoms with Crippen LogP contribution in [0, 0.1) is 0 Å². The van der Waals surface area contributed by atoms with Crippen LogP contribution in [-0.2, 0) is 19.1 Å². The average molecular weight is 725 g/mol. The van der Waals surface area contributed by atoms with Gasteiger partial charge < -0.3 is 28.4 Å². The standard InChI is InChI=1S/C40H36O11S/c1-4-36(41)48-24-6-5-23-46-31-13-7-28(8-14-31)38(43)50-33-17-19-34(20-18-33)51-39(44)29-11-21-35(22-12-29)52-40(45)30-9-15-32(16-10-30)47-25-26-49-37(42)27(2)3/h4,7-22H,1-2,5-6,23-26H2,3H3. The molecule has 0 aromatic heterocycles. The fourth-order valence-electron chi connectivity index (χ4n) is 4.15. The molecule has 0 spiro atoms. The van der Waals surface area contributed by atoms with Crippen LogP contribution in [0.25, 0.3) is 0 Å². The lowest BCUT2D eigenvalue weighted by Gasteiger charge is -2.09. The van der Waals surface area contributed by atoms with E-state index in [1.807, 2.05) is 0 Å². The highest BCUT2D eigenvalue weighted by molar-refractivity contribution is 8.14. The average Bonchev–Trinajstić information content (AvgIpc) is 3.16. The van der Waals surface area contributed by atoms with Crippen LogP contribution in [0.1, 0.15) is 50.8 Å². The Morgan fingerprint density at radius 2 is 1.04 bits per heavy atom. The topological polar surface area (TPSA) is 141 Å². The molecule has 0 amide bonds. The summed E-state index contributed by atoms with van der Waals surface area (Å²) in [5, 5.41) is -0.196. The Bertz CT molecular complexity index is 1870. The molecule has 268 valence electrons. The fourth-order valence-corrected chi connectivity index (χ4v) is 4.89. The molecule has 0 saturated heterocycles. The van der Waals surface area contributed by atoms with Crippen LogP contribution >= 0.6 is 11.8 Å². The second-order valence-corrected chi connectivity index (χ2v) is 12.0. The summed E-state index contributed by atoms with van der Waals surface area (Å²) in [6.07, 6.45) is 2.45. The molecule has 0 N–H and O–H groups in total. The van der Waals surface area contributed by atoms with E-state index in [2.05, 4.69) is 13.2 Å². The molecular formula is C40H36O11S. The van der Waals surface area contributed by atoms with E-state index >= 15 is 0 Å². The Labute approximate surface area is 305 Å². The number of esters is 4. The number of thioether (sulfide) groups is 1. The zero-order valence-corrected chi connectivity index (χ0v) is 29.2. The second-order valence-electron chi connectivity index (χ2n) is 10.9. The van der Waals surface area contributed by atoms with Gasteiger partial charge in [-0.25, -0.2) is 19.2 Å². The number of carbonyl (C=O) groups is 5. The molecule has 0 bridgehead atoms. The third-order valence-electron chi connectivity index (χ3n) is 6.88. The number of benzene rings is 4. The summed E-state index contributed by atoms with van der Waals surface area (Å²) >= 11 is 1.01. The van der Waals surface area contributed by atoms with E-state index in [0.717, 1.165) is 17.8 Å². The van der Waals surface area contributed by atoms with Gasteiger partial charge in [-0.3, -0.25) is 4.79 Å².